The van der Waals surface area contributed by atoms with Gasteiger partial charge in [-0.3, -0.25) is 9.36 Å². The molecule has 1 saturated heterocycles. The largest absolute Gasteiger partial charge is 0.429 e. The lowest BCUT2D eigenvalue weighted by Gasteiger charge is -2.32. The van der Waals surface area contributed by atoms with Crippen molar-refractivity contribution < 1.29 is 27.0 Å². The Hall–Kier alpha value is -3.16. The predicted octanol–water partition coefficient (Wildman–Crippen LogP) is 4.43. The van der Waals surface area contributed by atoms with E-state index in [2.05, 4.69) is 40.8 Å². The highest BCUT2D eigenvalue weighted by atomic mass is 32.2. The lowest BCUT2D eigenvalue weighted by molar-refractivity contribution is -0.0513. The van der Waals surface area contributed by atoms with Crippen LogP contribution in [0.5, 0.6) is 5.75 Å². The zero-order valence-electron chi connectivity index (χ0n) is 24.2. The maximum absolute atomic E-state index is 13.3. The number of hydrogen-bond donors (Lipinski definition) is 2. The van der Waals surface area contributed by atoms with E-state index in [1.54, 1.807) is 19.1 Å². The van der Waals surface area contributed by atoms with E-state index in [4.69, 9.17) is 0 Å². The first kappa shape index (κ1) is 30.3. The molecule has 2 fully saturated rings. The van der Waals surface area contributed by atoms with E-state index in [0.717, 1.165) is 5.56 Å². The Morgan fingerprint density at radius 1 is 1.14 bits per heavy atom. The summed E-state index contributed by atoms with van der Waals surface area (Å²) in [6.07, 6.45) is 4.01. The third kappa shape index (κ3) is 6.00. The third-order valence-electron chi connectivity index (χ3n) is 8.29. The lowest BCUT2D eigenvalue weighted by Crippen LogP contribution is -2.42. The van der Waals surface area contributed by atoms with Crippen molar-refractivity contribution in [2.24, 2.45) is 0 Å². The normalized spacial score (nSPS) is 22.6. The molecule has 2 N–H and O–H groups in total. The summed E-state index contributed by atoms with van der Waals surface area (Å²) >= 11 is 0. The number of pyridine rings is 1. The predicted molar refractivity (Wildman–Crippen MR) is 154 cm³/mol. The van der Waals surface area contributed by atoms with Crippen LogP contribution in [0.1, 0.15) is 71.4 Å². The number of rotatable bonds is 7. The van der Waals surface area contributed by atoms with Gasteiger partial charge in [0.2, 0.25) is 16.0 Å². The average molecular weight is 606 g/mol. The first-order valence-corrected chi connectivity index (χ1v) is 15.6. The van der Waals surface area contributed by atoms with Gasteiger partial charge in [0.1, 0.15) is 5.65 Å². The van der Waals surface area contributed by atoms with Crippen molar-refractivity contribution in [2.75, 3.05) is 18.4 Å². The van der Waals surface area contributed by atoms with Crippen molar-refractivity contribution in [2.45, 2.75) is 94.4 Å². The molecule has 1 aliphatic carbocycles. The molecule has 3 heterocycles. The highest BCUT2D eigenvalue weighted by Gasteiger charge is 2.40. The van der Waals surface area contributed by atoms with E-state index < -0.39 is 39.6 Å². The molecule has 0 amide bonds. The topological polar surface area (TPSA) is 127 Å². The molecule has 10 nitrogen and oxygen atoms in total. The second kappa shape index (κ2) is 11.2. The Morgan fingerprint density at radius 3 is 2.38 bits per heavy atom. The number of aliphatic hydroxyl groups is 1. The van der Waals surface area contributed by atoms with E-state index in [9.17, 15) is 27.1 Å². The van der Waals surface area contributed by atoms with E-state index in [1.165, 1.54) is 21.1 Å². The molecule has 2 aliphatic rings. The van der Waals surface area contributed by atoms with E-state index in [-0.39, 0.29) is 27.9 Å². The molecule has 0 bridgehead atoms. The number of ether oxygens (including phenoxy) is 1. The minimum absolute atomic E-state index is 0.0809. The minimum atomic E-state index is -3.65. The van der Waals surface area contributed by atoms with Crippen LogP contribution in [0.3, 0.4) is 0 Å². The molecule has 1 aromatic carbocycles. The van der Waals surface area contributed by atoms with Gasteiger partial charge in [-0.1, -0.05) is 32.9 Å². The van der Waals surface area contributed by atoms with Gasteiger partial charge in [0, 0.05) is 30.7 Å². The Kier molecular flexibility index (Phi) is 8.05. The Balaban J connectivity index is 1.35. The highest BCUT2D eigenvalue weighted by Crippen LogP contribution is 2.40. The molecule has 1 aliphatic heterocycles. The van der Waals surface area contributed by atoms with Crippen molar-refractivity contribution in [3.8, 4) is 5.75 Å². The third-order valence-corrected chi connectivity index (χ3v) is 10.2. The summed E-state index contributed by atoms with van der Waals surface area (Å²) in [5, 5.41) is 14.5. The summed E-state index contributed by atoms with van der Waals surface area (Å²) in [7, 11) is -3.65. The Morgan fingerprint density at radius 2 is 1.81 bits per heavy atom. The Labute approximate surface area is 243 Å². The summed E-state index contributed by atoms with van der Waals surface area (Å²) in [6, 6.07) is 7.39. The molecule has 228 valence electrons. The van der Waals surface area contributed by atoms with Gasteiger partial charge in [0.25, 0.3) is 5.56 Å². The Bertz CT molecular complexity index is 1610. The van der Waals surface area contributed by atoms with Crippen LogP contribution in [-0.4, -0.2) is 63.7 Å². The number of halogens is 2. The van der Waals surface area contributed by atoms with Gasteiger partial charge >= 0.3 is 6.61 Å². The fraction of sp³-hybridized carbons (Fsp3) is 0.552. The van der Waals surface area contributed by atoms with Crippen molar-refractivity contribution in [3.05, 3.63) is 52.4 Å². The number of sulfonamides is 1. The number of aromatic nitrogens is 3. The van der Waals surface area contributed by atoms with Gasteiger partial charge in [-0.15, -0.1) is 0 Å². The van der Waals surface area contributed by atoms with Crippen LogP contribution in [-0.2, 0) is 15.4 Å². The molecule has 1 saturated carbocycles. The van der Waals surface area contributed by atoms with Crippen LogP contribution in [0.15, 0.2) is 46.2 Å². The van der Waals surface area contributed by atoms with Crippen LogP contribution >= 0.6 is 0 Å². The van der Waals surface area contributed by atoms with E-state index in [0.29, 0.717) is 50.6 Å². The van der Waals surface area contributed by atoms with Crippen LogP contribution in [0, 0.1) is 0 Å². The molecule has 5 rings (SSSR count). The minimum Gasteiger partial charge on any atom is -0.429 e. The summed E-state index contributed by atoms with van der Waals surface area (Å²) in [6.45, 7) is 5.26. The standard InChI is InChI=1S/C29H37F2N5O5S/c1-28(2,3)19-7-9-21(10-8-19)42(39,40)35-14-11-20(12-15-35)33-27-32-17-18-16-22(41-26(30)31)25(37)36(24(18)34-27)23-6-5-13-29(23,4)38/h7-10,16-17,20,23,26,38H,5-6,11-15H2,1-4H3,(H,32,33,34)/t23-,29-/m1/s1. The molecule has 0 unspecified atom stereocenters. The number of fused-ring (bicyclic) bond motifs is 1. The molecule has 2 aromatic heterocycles. The molecule has 0 spiro atoms. The van der Waals surface area contributed by atoms with Crippen molar-refractivity contribution in [1.82, 2.24) is 18.8 Å². The van der Waals surface area contributed by atoms with Gasteiger partial charge in [0.15, 0.2) is 5.75 Å². The number of nitrogens with one attached hydrogen (secondary N) is 1. The average Bonchev–Trinajstić information content (AvgIpc) is 3.27. The molecular formula is C29H37F2N5O5S. The second-order valence-corrected chi connectivity index (χ2v) is 14.3. The maximum atomic E-state index is 13.3. The SMILES string of the molecule is CC(C)(C)c1ccc(S(=O)(=O)N2CCC(Nc3ncc4cc(OC(F)F)c(=O)n([C@@H]5CCC[C@@]5(C)O)c4n3)CC2)cc1. The number of piperidine rings is 1. The van der Waals surface area contributed by atoms with E-state index >= 15 is 0 Å². The zero-order chi connectivity index (χ0) is 30.4. The summed E-state index contributed by atoms with van der Waals surface area (Å²) in [5.74, 6) is -0.318. The molecular weight excluding hydrogens is 568 g/mol. The summed E-state index contributed by atoms with van der Waals surface area (Å²) in [5.41, 5.74) is -0.856. The van der Waals surface area contributed by atoms with Gasteiger partial charge in [-0.2, -0.15) is 18.1 Å². The fourth-order valence-corrected chi connectivity index (χ4v) is 7.34. The summed E-state index contributed by atoms with van der Waals surface area (Å²) < 4.78 is 59.8. The zero-order valence-corrected chi connectivity index (χ0v) is 25.0. The lowest BCUT2D eigenvalue weighted by atomic mass is 9.87. The molecule has 3 aromatic rings. The molecule has 0 radical (unpaired) electrons. The van der Waals surface area contributed by atoms with Crippen molar-refractivity contribution in [1.29, 1.82) is 0 Å². The molecule has 2 atom stereocenters. The number of hydrogen-bond acceptors (Lipinski definition) is 8. The molecule has 42 heavy (non-hydrogen) atoms. The van der Waals surface area contributed by atoms with Gasteiger partial charge in [-0.25, -0.2) is 13.4 Å². The summed E-state index contributed by atoms with van der Waals surface area (Å²) in [4.78, 5) is 22.4. The second-order valence-electron chi connectivity index (χ2n) is 12.4. The monoisotopic (exact) mass is 605 g/mol. The van der Waals surface area contributed by atoms with Gasteiger partial charge in [0.05, 0.1) is 16.5 Å². The smallest absolute Gasteiger partial charge is 0.387 e. The van der Waals surface area contributed by atoms with Crippen molar-refractivity contribution in [3.63, 3.8) is 0 Å². The first-order chi connectivity index (χ1) is 19.7. The van der Waals surface area contributed by atoms with E-state index in [1.807, 2.05) is 12.1 Å². The van der Waals surface area contributed by atoms with Crippen molar-refractivity contribution >= 4 is 27.0 Å². The number of alkyl halides is 2. The number of benzene rings is 1. The van der Waals surface area contributed by atoms with Gasteiger partial charge < -0.3 is 15.2 Å². The van der Waals surface area contributed by atoms with Crippen LogP contribution in [0.2, 0.25) is 0 Å². The van der Waals surface area contributed by atoms with Crippen LogP contribution < -0.4 is 15.6 Å². The van der Waals surface area contributed by atoms with Gasteiger partial charge in [-0.05, 0) is 68.2 Å². The van der Waals surface area contributed by atoms with Crippen LogP contribution in [0.25, 0.3) is 11.0 Å². The molecule has 13 heteroatoms. The highest BCUT2D eigenvalue weighted by molar-refractivity contribution is 7.89. The number of anilines is 1. The maximum Gasteiger partial charge on any atom is 0.387 e. The first-order valence-electron chi connectivity index (χ1n) is 14.1. The fourth-order valence-electron chi connectivity index (χ4n) is 5.87. The number of nitrogens with zero attached hydrogens (tertiary/aromatic N) is 4. The quantitative estimate of drug-likeness (QED) is 0.405. The van der Waals surface area contributed by atoms with Crippen LogP contribution in [0.4, 0.5) is 14.7 Å².